The molecule has 0 aliphatic rings. The molecular formula is C11H13N3O2. The van der Waals surface area contributed by atoms with Gasteiger partial charge in [0.25, 0.3) is 0 Å². The number of carbonyl (C=O) groups is 1. The molecular weight excluding hydrogens is 206 g/mol. The predicted molar refractivity (Wildman–Crippen MR) is 62.3 cm³/mol. The molecule has 0 aliphatic heterocycles. The van der Waals surface area contributed by atoms with Crippen molar-refractivity contribution in [2.24, 2.45) is 10.8 Å². The van der Waals surface area contributed by atoms with Crippen molar-refractivity contribution in [3.63, 3.8) is 0 Å². The first-order valence-electron chi connectivity index (χ1n) is 4.65. The molecule has 1 aromatic carbocycles. The number of rotatable bonds is 4. The second-order valence-corrected chi connectivity index (χ2v) is 3.08. The van der Waals surface area contributed by atoms with Crippen molar-refractivity contribution in [3.8, 4) is 5.75 Å². The third-order valence-electron chi connectivity index (χ3n) is 1.89. The van der Waals surface area contributed by atoms with Gasteiger partial charge in [-0.3, -0.25) is 0 Å². The number of nitrogens with zero attached hydrogens (tertiary/aromatic N) is 1. The number of aromatic hydroxyl groups is 1. The van der Waals surface area contributed by atoms with Crippen LogP contribution in [-0.2, 0) is 6.42 Å². The first-order valence-corrected chi connectivity index (χ1v) is 4.65. The summed E-state index contributed by atoms with van der Waals surface area (Å²) in [5.74, 6) is 0.123. The van der Waals surface area contributed by atoms with Gasteiger partial charge in [0.05, 0.1) is 6.21 Å². The van der Waals surface area contributed by atoms with Gasteiger partial charge in [-0.25, -0.2) is 10.2 Å². The standard InChI is InChI=1S/C11H13N3O2/c1-2-4-8-5-3-6-9(10(8)15)7-13-14-11(12)16/h2-3,5-7,15H,1,4H2,(H3,12,14,16)/b13-7+. The molecule has 0 atom stereocenters. The second-order valence-electron chi connectivity index (χ2n) is 3.08. The molecule has 4 N–H and O–H groups in total. The van der Waals surface area contributed by atoms with E-state index in [1.165, 1.54) is 6.21 Å². The summed E-state index contributed by atoms with van der Waals surface area (Å²) in [7, 11) is 0. The van der Waals surface area contributed by atoms with Gasteiger partial charge in [0.15, 0.2) is 0 Å². The molecule has 0 fully saturated rings. The lowest BCUT2D eigenvalue weighted by atomic mass is 10.1. The Hall–Kier alpha value is -2.30. The van der Waals surface area contributed by atoms with Crippen LogP contribution < -0.4 is 11.2 Å². The van der Waals surface area contributed by atoms with Crippen molar-refractivity contribution in [1.29, 1.82) is 0 Å². The Labute approximate surface area is 93.3 Å². The average Bonchev–Trinajstić information content (AvgIpc) is 2.23. The molecule has 0 bridgehead atoms. The van der Waals surface area contributed by atoms with Gasteiger partial charge < -0.3 is 10.8 Å². The van der Waals surface area contributed by atoms with Crippen LogP contribution in [0.15, 0.2) is 36.0 Å². The van der Waals surface area contributed by atoms with Gasteiger partial charge in [-0.05, 0) is 18.1 Å². The number of nitrogens with two attached hydrogens (primary N) is 1. The zero-order chi connectivity index (χ0) is 12.0. The fraction of sp³-hybridized carbons (Fsp3) is 0.0909. The molecule has 1 aromatic rings. The largest absolute Gasteiger partial charge is 0.507 e. The van der Waals surface area contributed by atoms with Gasteiger partial charge in [0.1, 0.15) is 5.75 Å². The maximum absolute atomic E-state index is 10.4. The van der Waals surface area contributed by atoms with Crippen molar-refractivity contribution < 1.29 is 9.90 Å². The Morgan fingerprint density at radius 1 is 1.62 bits per heavy atom. The molecule has 0 aliphatic carbocycles. The van der Waals surface area contributed by atoms with E-state index in [1.807, 2.05) is 5.43 Å². The molecule has 16 heavy (non-hydrogen) atoms. The van der Waals surface area contributed by atoms with E-state index in [1.54, 1.807) is 24.3 Å². The van der Waals surface area contributed by atoms with Crippen molar-refractivity contribution in [1.82, 2.24) is 5.43 Å². The van der Waals surface area contributed by atoms with Crippen LogP contribution in [0.4, 0.5) is 4.79 Å². The molecule has 0 heterocycles. The van der Waals surface area contributed by atoms with Crippen molar-refractivity contribution in [2.45, 2.75) is 6.42 Å². The Bertz CT molecular complexity index is 427. The van der Waals surface area contributed by atoms with Gasteiger partial charge in [-0.15, -0.1) is 6.58 Å². The van der Waals surface area contributed by atoms with Crippen molar-refractivity contribution in [3.05, 3.63) is 42.0 Å². The van der Waals surface area contributed by atoms with Gasteiger partial charge in [-0.2, -0.15) is 5.10 Å². The number of benzene rings is 1. The van der Waals surface area contributed by atoms with E-state index in [2.05, 4.69) is 11.7 Å². The van der Waals surface area contributed by atoms with Crippen LogP contribution in [0.1, 0.15) is 11.1 Å². The Balaban J connectivity index is 2.88. The lowest BCUT2D eigenvalue weighted by Gasteiger charge is -2.04. The Kier molecular flexibility index (Phi) is 4.08. The third-order valence-corrected chi connectivity index (χ3v) is 1.89. The summed E-state index contributed by atoms with van der Waals surface area (Å²) in [5, 5.41) is 13.4. The number of phenols is 1. The highest BCUT2D eigenvalue weighted by molar-refractivity contribution is 5.85. The quantitative estimate of drug-likeness (QED) is 0.402. The number of nitrogens with one attached hydrogen (secondary N) is 1. The summed E-state index contributed by atoms with van der Waals surface area (Å²) in [6.07, 6.45) is 3.58. The Morgan fingerprint density at radius 3 is 3.00 bits per heavy atom. The number of para-hydroxylation sites is 1. The van der Waals surface area contributed by atoms with Crippen LogP contribution in [0.25, 0.3) is 0 Å². The molecule has 0 radical (unpaired) electrons. The summed E-state index contributed by atoms with van der Waals surface area (Å²) < 4.78 is 0. The molecule has 1 rings (SSSR count). The molecule has 0 saturated carbocycles. The van der Waals surface area contributed by atoms with E-state index < -0.39 is 6.03 Å². The highest BCUT2D eigenvalue weighted by Crippen LogP contribution is 2.21. The van der Waals surface area contributed by atoms with Crippen LogP contribution >= 0.6 is 0 Å². The normalized spacial score (nSPS) is 10.2. The van der Waals surface area contributed by atoms with E-state index in [-0.39, 0.29) is 5.75 Å². The number of allylic oxidation sites excluding steroid dienone is 1. The fourth-order valence-electron chi connectivity index (χ4n) is 1.20. The molecule has 84 valence electrons. The lowest BCUT2D eigenvalue weighted by Crippen LogP contribution is -2.24. The zero-order valence-electron chi connectivity index (χ0n) is 8.68. The predicted octanol–water partition coefficient (Wildman–Crippen LogP) is 1.12. The molecule has 0 unspecified atom stereocenters. The van der Waals surface area contributed by atoms with Gasteiger partial charge in [0.2, 0.25) is 0 Å². The summed E-state index contributed by atoms with van der Waals surface area (Å²) in [6.45, 7) is 3.59. The highest BCUT2D eigenvalue weighted by atomic mass is 16.3. The van der Waals surface area contributed by atoms with E-state index in [0.717, 1.165) is 5.56 Å². The summed E-state index contributed by atoms with van der Waals surface area (Å²) in [4.78, 5) is 10.4. The summed E-state index contributed by atoms with van der Waals surface area (Å²) >= 11 is 0. The summed E-state index contributed by atoms with van der Waals surface area (Å²) in [6, 6.07) is 4.49. The number of phenolic OH excluding ortho intramolecular Hbond substituents is 1. The smallest absolute Gasteiger partial charge is 0.332 e. The van der Waals surface area contributed by atoms with Gasteiger partial charge >= 0.3 is 6.03 Å². The molecule has 2 amide bonds. The van der Waals surface area contributed by atoms with E-state index in [4.69, 9.17) is 5.73 Å². The Morgan fingerprint density at radius 2 is 2.38 bits per heavy atom. The SMILES string of the molecule is C=CCc1cccc(/C=N/NC(N)=O)c1O. The van der Waals surface area contributed by atoms with E-state index in [0.29, 0.717) is 12.0 Å². The van der Waals surface area contributed by atoms with Crippen molar-refractivity contribution >= 4 is 12.2 Å². The van der Waals surface area contributed by atoms with Gasteiger partial charge in [-0.1, -0.05) is 18.2 Å². The number of hydrazone groups is 1. The first kappa shape index (κ1) is 11.8. The van der Waals surface area contributed by atoms with Crippen LogP contribution in [0.3, 0.4) is 0 Å². The second kappa shape index (κ2) is 5.55. The van der Waals surface area contributed by atoms with Crippen LogP contribution in [0.5, 0.6) is 5.75 Å². The first-order chi connectivity index (χ1) is 7.65. The number of urea groups is 1. The fourth-order valence-corrected chi connectivity index (χ4v) is 1.20. The van der Waals surface area contributed by atoms with Gasteiger partial charge in [0, 0.05) is 5.56 Å². The van der Waals surface area contributed by atoms with Crippen LogP contribution in [-0.4, -0.2) is 17.4 Å². The molecule has 5 heteroatoms. The van der Waals surface area contributed by atoms with Crippen LogP contribution in [0.2, 0.25) is 0 Å². The maximum Gasteiger partial charge on any atom is 0.332 e. The molecule has 5 nitrogen and oxygen atoms in total. The minimum Gasteiger partial charge on any atom is -0.507 e. The third kappa shape index (κ3) is 3.13. The average molecular weight is 219 g/mol. The molecule has 0 spiro atoms. The molecule has 0 aromatic heterocycles. The lowest BCUT2D eigenvalue weighted by molar-refractivity contribution is 0.249. The zero-order valence-corrected chi connectivity index (χ0v) is 8.68. The topological polar surface area (TPSA) is 87.7 Å². The highest BCUT2D eigenvalue weighted by Gasteiger charge is 2.03. The monoisotopic (exact) mass is 219 g/mol. The maximum atomic E-state index is 10.4. The van der Waals surface area contributed by atoms with E-state index in [9.17, 15) is 9.90 Å². The molecule has 0 saturated heterocycles. The van der Waals surface area contributed by atoms with E-state index >= 15 is 0 Å². The minimum absolute atomic E-state index is 0.123. The minimum atomic E-state index is -0.752. The number of hydrogen-bond acceptors (Lipinski definition) is 3. The number of carbonyl (C=O) groups excluding carboxylic acids is 1. The number of primary amides is 1. The van der Waals surface area contributed by atoms with Crippen molar-refractivity contribution in [2.75, 3.05) is 0 Å². The van der Waals surface area contributed by atoms with Crippen LogP contribution in [0, 0.1) is 0 Å². The number of amides is 2. The number of hydrogen-bond donors (Lipinski definition) is 3. The summed E-state index contributed by atoms with van der Waals surface area (Å²) in [5.41, 5.74) is 8.14.